The van der Waals surface area contributed by atoms with E-state index in [0.717, 1.165) is 4.90 Å². The molecule has 0 bridgehead atoms. The minimum atomic E-state index is -0.586. The van der Waals surface area contributed by atoms with Gasteiger partial charge in [-0.1, -0.05) is 0 Å². The highest BCUT2D eigenvalue weighted by molar-refractivity contribution is 9.14. The van der Waals surface area contributed by atoms with Gasteiger partial charge in [-0.2, -0.15) is 0 Å². The summed E-state index contributed by atoms with van der Waals surface area (Å²) in [4.78, 5) is 35.7. The molecule has 1 heterocycles. The lowest BCUT2D eigenvalue weighted by Crippen LogP contribution is -2.40. The van der Waals surface area contributed by atoms with Crippen LogP contribution in [0, 0.1) is 0 Å². The Kier molecular flexibility index (Phi) is 5.14. The highest BCUT2D eigenvalue weighted by Gasteiger charge is 2.35. The number of nitrogens with one attached hydrogen (secondary N) is 1. The summed E-state index contributed by atoms with van der Waals surface area (Å²) in [5, 5.41) is 2.48. The Labute approximate surface area is 127 Å². The number of amides is 3. The minimum Gasteiger partial charge on any atom is -0.444 e. The number of hydrogen-bond acceptors (Lipinski definition) is 4. The van der Waals surface area contributed by atoms with Gasteiger partial charge in [-0.25, -0.2) is 4.79 Å². The standard InChI is InChI=1S/C11H14Br2N2O4/c1-11(2,3)19-10(18)14-4-5-15-8(16)6(12)7(13)9(15)17/h4-5H2,1-3H3,(H,14,18). The molecule has 8 heteroatoms. The lowest BCUT2D eigenvalue weighted by Gasteiger charge is -2.20. The van der Waals surface area contributed by atoms with Crippen LogP contribution >= 0.6 is 31.9 Å². The van der Waals surface area contributed by atoms with Gasteiger partial charge in [-0.05, 0) is 52.6 Å². The molecule has 0 aromatic rings. The summed E-state index contributed by atoms with van der Waals surface area (Å²) in [6.45, 7) is 5.46. The second-order valence-corrected chi connectivity index (χ2v) is 6.40. The van der Waals surface area contributed by atoms with Crippen molar-refractivity contribution >= 4 is 49.8 Å². The van der Waals surface area contributed by atoms with Gasteiger partial charge in [0, 0.05) is 13.1 Å². The van der Waals surface area contributed by atoms with Gasteiger partial charge in [0.1, 0.15) is 14.6 Å². The lowest BCUT2D eigenvalue weighted by molar-refractivity contribution is -0.136. The average Bonchev–Trinajstić information content (AvgIpc) is 2.44. The highest BCUT2D eigenvalue weighted by Crippen LogP contribution is 2.28. The van der Waals surface area contributed by atoms with Crippen LogP contribution in [-0.2, 0) is 14.3 Å². The van der Waals surface area contributed by atoms with Crippen molar-refractivity contribution in [1.82, 2.24) is 10.2 Å². The zero-order chi connectivity index (χ0) is 14.8. The van der Waals surface area contributed by atoms with Gasteiger partial charge >= 0.3 is 6.09 Å². The van der Waals surface area contributed by atoms with E-state index in [1.54, 1.807) is 20.8 Å². The number of halogens is 2. The van der Waals surface area contributed by atoms with Crippen LogP contribution in [0.2, 0.25) is 0 Å². The van der Waals surface area contributed by atoms with Crippen molar-refractivity contribution in [2.24, 2.45) is 0 Å². The fourth-order valence-electron chi connectivity index (χ4n) is 1.30. The molecule has 3 amide bonds. The summed E-state index contributed by atoms with van der Waals surface area (Å²) in [6, 6.07) is 0. The summed E-state index contributed by atoms with van der Waals surface area (Å²) >= 11 is 6.04. The molecule has 106 valence electrons. The first kappa shape index (κ1) is 16.2. The molecule has 6 nitrogen and oxygen atoms in total. The topological polar surface area (TPSA) is 75.7 Å². The summed E-state index contributed by atoms with van der Waals surface area (Å²) in [5.74, 6) is -0.856. The molecule has 0 atom stereocenters. The Hall–Kier alpha value is -0.890. The summed E-state index contributed by atoms with van der Waals surface area (Å²) in [7, 11) is 0. The van der Waals surface area contributed by atoms with Crippen molar-refractivity contribution in [1.29, 1.82) is 0 Å². The van der Waals surface area contributed by atoms with Gasteiger partial charge in [0.25, 0.3) is 11.8 Å². The van der Waals surface area contributed by atoms with Crippen LogP contribution in [0.3, 0.4) is 0 Å². The van der Waals surface area contributed by atoms with E-state index in [1.807, 2.05) is 0 Å². The van der Waals surface area contributed by atoms with Crippen LogP contribution < -0.4 is 5.32 Å². The highest BCUT2D eigenvalue weighted by atomic mass is 79.9. The lowest BCUT2D eigenvalue weighted by atomic mass is 10.2. The monoisotopic (exact) mass is 396 g/mol. The van der Waals surface area contributed by atoms with Crippen molar-refractivity contribution in [3.63, 3.8) is 0 Å². The molecule has 0 aliphatic carbocycles. The first-order valence-electron chi connectivity index (χ1n) is 5.52. The van der Waals surface area contributed by atoms with Gasteiger partial charge in [0.2, 0.25) is 0 Å². The van der Waals surface area contributed by atoms with Crippen LogP contribution in [-0.4, -0.2) is 41.5 Å². The van der Waals surface area contributed by atoms with Gasteiger partial charge < -0.3 is 10.1 Å². The molecule has 0 saturated carbocycles. The van der Waals surface area contributed by atoms with E-state index in [4.69, 9.17) is 4.74 Å². The number of nitrogens with zero attached hydrogens (tertiary/aromatic N) is 1. The molecule has 0 unspecified atom stereocenters. The number of alkyl carbamates (subject to hydrolysis) is 1. The quantitative estimate of drug-likeness (QED) is 0.737. The van der Waals surface area contributed by atoms with E-state index in [1.165, 1.54) is 0 Å². The van der Waals surface area contributed by atoms with E-state index in [2.05, 4.69) is 37.2 Å². The summed E-state index contributed by atoms with van der Waals surface area (Å²) < 4.78 is 5.41. The zero-order valence-corrected chi connectivity index (χ0v) is 13.9. The predicted octanol–water partition coefficient (Wildman–Crippen LogP) is 1.88. The Morgan fingerprint density at radius 3 is 2.11 bits per heavy atom. The maximum atomic E-state index is 11.7. The second kappa shape index (κ2) is 6.04. The third kappa shape index (κ3) is 4.31. The first-order valence-corrected chi connectivity index (χ1v) is 7.10. The molecule has 0 saturated heterocycles. The number of ether oxygens (including phenoxy) is 1. The Morgan fingerprint density at radius 1 is 1.21 bits per heavy atom. The maximum Gasteiger partial charge on any atom is 0.407 e. The number of carbonyl (C=O) groups excluding carboxylic acids is 3. The molecular formula is C11H14Br2N2O4. The molecular weight excluding hydrogens is 384 g/mol. The third-order valence-corrected chi connectivity index (χ3v) is 4.07. The minimum absolute atomic E-state index is 0.0844. The number of imide groups is 1. The zero-order valence-electron chi connectivity index (χ0n) is 10.8. The van der Waals surface area contributed by atoms with Crippen molar-refractivity contribution in [2.75, 3.05) is 13.1 Å². The first-order chi connectivity index (χ1) is 8.63. The fraction of sp³-hybridized carbons (Fsp3) is 0.545. The maximum absolute atomic E-state index is 11.7. The van der Waals surface area contributed by atoms with Gasteiger partial charge in [0.15, 0.2) is 0 Å². The van der Waals surface area contributed by atoms with Crippen molar-refractivity contribution in [3.05, 3.63) is 8.96 Å². The van der Waals surface area contributed by atoms with Crippen LogP contribution in [0.25, 0.3) is 0 Å². The van der Waals surface area contributed by atoms with Gasteiger partial charge in [-0.15, -0.1) is 0 Å². The molecule has 0 radical (unpaired) electrons. The van der Waals surface area contributed by atoms with E-state index >= 15 is 0 Å². The fourth-order valence-corrected chi connectivity index (χ4v) is 2.07. The van der Waals surface area contributed by atoms with Crippen LogP contribution in [0.4, 0.5) is 4.79 Å². The molecule has 1 N–H and O–H groups in total. The Balaban J connectivity index is 2.42. The number of hydrogen-bond donors (Lipinski definition) is 1. The van der Waals surface area contributed by atoms with Gasteiger partial charge in [0.05, 0.1) is 0 Å². The van der Waals surface area contributed by atoms with E-state index in [-0.39, 0.29) is 22.1 Å². The SMILES string of the molecule is CC(C)(C)OC(=O)NCCN1C(=O)C(Br)=C(Br)C1=O. The van der Waals surface area contributed by atoms with Crippen molar-refractivity contribution in [3.8, 4) is 0 Å². The number of rotatable bonds is 3. The Morgan fingerprint density at radius 2 is 1.68 bits per heavy atom. The summed E-state index contributed by atoms with van der Waals surface area (Å²) in [6.07, 6.45) is -0.585. The molecule has 1 rings (SSSR count). The summed E-state index contributed by atoms with van der Waals surface area (Å²) in [5.41, 5.74) is -0.586. The predicted molar refractivity (Wildman–Crippen MR) is 75.8 cm³/mol. The number of carbonyl (C=O) groups is 3. The Bertz CT molecular complexity index is 430. The normalized spacial score (nSPS) is 16.2. The van der Waals surface area contributed by atoms with Gasteiger partial charge in [-0.3, -0.25) is 14.5 Å². The largest absolute Gasteiger partial charge is 0.444 e. The van der Waals surface area contributed by atoms with E-state index < -0.39 is 23.5 Å². The van der Waals surface area contributed by atoms with E-state index in [9.17, 15) is 14.4 Å². The molecule has 0 aromatic carbocycles. The van der Waals surface area contributed by atoms with Crippen LogP contribution in [0.15, 0.2) is 8.96 Å². The van der Waals surface area contributed by atoms with Crippen molar-refractivity contribution < 1.29 is 19.1 Å². The molecule has 0 aromatic heterocycles. The third-order valence-electron chi connectivity index (χ3n) is 2.06. The second-order valence-electron chi connectivity index (χ2n) is 4.82. The molecule has 1 aliphatic rings. The molecule has 19 heavy (non-hydrogen) atoms. The molecule has 0 spiro atoms. The smallest absolute Gasteiger partial charge is 0.407 e. The molecule has 1 aliphatic heterocycles. The average molecular weight is 398 g/mol. The molecule has 0 fully saturated rings. The van der Waals surface area contributed by atoms with Crippen LogP contribution in [0.1, 0.15) is 20.8 Å². The van der Waals surface area contributed by atoms with Crippen molar-refractivity contribution in [2.45, 2.75) is 26.4 Å². The van der Waals surface area contributed by atoms with Crippen LogP contribution in [0.5, 0.6) is 0 Å². The van der Waals surface area contributed by atoms with E-state index in [0.29, 0.717) is 0 Å².